The highest BCUT2D eigenvalue weighted by atomic mass is 16.5. The number of nitrogens with one attached hydrogen (secondary N) is 1. The van der Waals surface area contributed by atoms with E-state index in [-0.39, 0.29) is 0 Å². The second kappa shape index (κ2) is 6.62. The predicted molar refractivity (Wildman–Crippen MR) is 75.4 cm³/mol. The molecule has 0 aliphatic rings. The van der Waals surface area contributed by atoms with E-state index in [1.807, 2.05) is 73.8 Å². The Kier molecular flexibility index (Phi) is 4.56. The number of rotatable bonds is 5. The molecule has 0 saturated carbocycles. The van der Waals surface area contributed by atoms with Gasteiger partial charge in [-0.05, 0) is 25.3 Å². The SMILES string of the molecule is CNC/C=C(/Oc1ccccc1)c1ccccc1. The first-order chi connectivity index (χ1) is 8.90. The summed E-state index contributed by atoms with van der Waals surface area (Å²) in [5.41, 5.74) is 1.08. The Morgan fingerprint density at radius 2 is 1.61 bits per heavy atom. The van der Waals surface area contributed by atoms with Crippen LogP contribution < -0.4 is 10.1 Å². The maximum atomic E-state index is 5.92. The highest BCUT2D eigenvalue weighted by Gasteiger charge is 2.03. The van der Waals surface area contributed by atoms with Gasteiger partial charge in [-0.2, -0.15) is 0 Å². The summed E-state index contributed by atoms with van der Waals surface area (Å²) in [5, 5.41) is 3.10. The number of likely N-dealkylation sites (N-methyl/N-ethyl adjacent to an activating group) is 1. The van der Waals surface area contributed by atoms with Crippen LogP contribution in [0.3, 0.4) is 0 Å². The summed E-state index contributed by atoms with van der Waals surface area (Å²) >= 11 is 0. The zero-order valence-electron chi connectivity index (χ0n) is 10.5. The van der Waals surface area contributed by atoms with E-state index < -0.39 is 0 Å². The first kappa shape index (κ1) is 12.4. The van der Waals surface area contributed by atoms with Crippen LogP contribution in [0, 0.1) is 0 Å². The first-order valence-electron chi connectivity index (χ1n) is 6.03. The van der Waals surface area contributed by atoms with E-state index in [9.17, 15) is 0 Å². The molecule has 2 nitrogen and oxygen atoms in total. The van der Waals surface area contributed by atoms with Gasteiger partial charge in [-0.1, -0.05) is 48.5 Å². The molecule has 2 rings (SSSR count). The molecule has 0 amide bonds. The lowest BCUT2D eigenvalue weighted by atomic mass is 10.2. The van der Waals surface area contributed by atoms with Gasteiger partial charge in [0.2, 0.25) is 0 Å². The molecule has 0 saturated heterocycles. The van der Waals surface area contributed by atoms with Crippen molar-refractivity contribution in [1.82, 2.24) is 5.32 Å². The molecule has 0 atom stereocenters. The lowest BCUT2D eigenvalue weighted by Gasteiger charge is -2.10. The number of hydrogen-bond acceptors (Lipinski definition) is 2. The zero-order chi connectivity index (χ0) is 12.6. The van der Waals surface area contributed by atoms with E-state index in [0.29, 0.717) is 0 Å². The Morgan fingerprint density at radius 1 is 1.00 bits per heavy atom. The molecule has 2 heteroatoms. The van der Waals surface area contributed by atoms with Crippen molar-refractivity contribution >= 4 is 5.76 Å². The molecular formula is C16H17NO. The highest BCUT2D eigenvalue weighted by molar-refractivity contribution is 5.62. The van der Waals surface area contributed by atoms with E-state index in [0.717, 1.165) is 23.6 Å². The smallest absolute Gasteiger partial charge is 0.131 e. The van der Waals surface area contributed by atoms with Gasteiger partial charge < -0.3 is 10.1 Å². The van der Waals surface area contributed by atoms with Crippen LogP contribution in [0.2, 0.25) is 0 Å². The quantitative estimate of drug-likeness (QED) is 0.808. The summed E-state index contributed by atoms with van der Waals surface area (Å²) in [7, 11) is 1.92. The van der Waals surface area contributed by atoms with Crippen LogP contribution in [0.4, 0.5) is 0 Å². The second-order valence-electron chi connectivity index (χ2n) is 3.91. The van der Waals surface area contributed by atoms with Gasteiger partial charge in [0.15, 0.2) is 0 Å². The van der Waals surface area contributed by atoms with Crippen LogP contribution in [0.1, 0.15) is 5.56 Å². The molecule has 0 radical (unpaired) electrons. The van der Waals surface area contributed by atoms with Crippen molar-refractivity contribution in [3.05, 3.63) is 72.3 Å². The molecule has 18 heavy (non-hydrogen) atoms. The number of benzene rings is 2. The minimum atomic E-state index is 0.775. The fourth-order valence-corrected chi connectivity index (χ4v) is 1.63. The van der Waals surface area contributed by atoms with Crippen LogP contribution in [-0.2, 0) is 0 Å². The number of ether oxygens (including phenoxy) is 1. The third-order valence-corrected chi connectivity index (χ3v) is 2.52. The Labute approximate surface area is 108 Å². The van der Waals surface area contributed by atoms with Crippen LogP contribution in [0.5, 0.6) is 5.75 Å². The molecule has 0 heterocycles. The average molecular weight is 239 g/mol. The Hall–Kier alpha value is -2.06. The van der Waals surface area contributed by atoms with E-state index in [4.69, 9.17) is 4.74 Å². The van der Waals surface area contributed by atoms with Crippen molar-refractivity contribution in [2.75, 3.05) is 13.6 Å². The van der Waals surface area contributed by atoms with Crippen LogP contribution in [-0.4, -0.2) is 13.6 Å². The molecule has 0 aliphatic heterocycles. The third kappa shape index (κ3) is 3.47. The lowest BCUT2D eigenvalue weighted by Crippen LogP contribution is -2.07. The fourth-order valence-electron chi connectivity index (χ4n) is 1.63. The van der Waals surface area contributed by atoms with E-state index in [1.54, 1.807) is 0 Å². The predicted octanol–water partition coefficient (Wildman–Crippen LogP) is 3.33. The van der Waals surface area contributed by atoms with E-state index in [1.165, 1.54) is 0 Å². The standard InChI is InChI=1S/C16H17NO/c1-17-13-12-16(14-8-4-2-5-9-14)18-15-10-6-3-7-11-15/h2-12,17H,13H2,1H3/b16-12+. The monoisotopic (exact) mass is 239 g/mol. The average Bonchev–Trinajstić information content (AvgIpc) is 2.45. The largest absolute Gasteiger partial charge is 0.457 e. The molecule has 2 aromatic rings. The van der Waals surface area contributed by atoms with Gasteiger partial charge in [0.05, 0.1) is 0 Å². The summed E-state index contributed by atoms with van der Waals surface area (Å²) in [6.45, 7) is 0.775. The zero-order valence-corrected chi connectivity index (χ0v) is 10.5. The second-order valence-corrected chi connectivity index (χ2v) is 3.91. The first-order valence-corrected chi connectivity index (χ1v) is 6.03. The van der Waals surface area contributed by atoms with Gasteiger partial charge in [-0.25, -0.2) is 0 Å². The minimum absolute atomic E-state index is 0.775. The van der Waals surface area contributed by atoms with Crippen LogP contribution in [0.15, 0.2) is 66.7 Å². The number of hydrogen-bond donors (Lipinski definition) is 1. The molecule has 0 fully saturated rings. The Bertz CT molecular complexity index is 491. The third-order valence-electron chi connectivity index (χ3n) is 2.52. The van der Waals surface area contributed by atoms with Gasteiger partial charge in [-0.3, -0.25) is 0 Å². The molecule has 1 N–H and O–H groups in total. The van der Waals surface area contributed by atoms with Crippen molar-refractivity contribution in [2.45, 2.75) is 0 Å². The van der Waals surface area contributed by atoms with Crippen molar-refractivity contribution < 1.29 is 4.74 Å². The molecular weight excluding hydrogens is 222 g/mol. The summed E-state index contributed by atoms with van der Waals surface area (Å²) in [6.07, 6.45) is 2.04. The van der Waals surface area contributed by atoms with Gasteiger partial charge in [0, 0.05) is 12.1 Å². The van der Waals surface area contributed by atoms with E-state index >= 15 is 0 Å². The summed E-state index contributed by atoms with van der Waals surface area (Å²) in [4.78, 5) is 0. The molecule has 0 aromatic heterocycles. The summed E-state index contributed by atoms with van der Waals surface area (Å²) in [6, 6.07) is 19.9. The topological polar surface area (TPSA) is 21.3 Å². The van der Waals surface area contributed by atoms with Crippen LogP contribution >= 0.6 is 0 Å². The normalized spacial score (nSPS) is 11.3. The lowest BCUT2D eigenvalue weighted by molar-refractivity contribution is 0.513. The van der Waals surface area contributed by atoms with Gasteiger partial charge >= 0.3 is 0 Å². The maximum Gasteiger partial charge on any atom is 0.131 e. The summed E-state index contributed by atoms with van der Waals surface area (Å²) in [5.74, 6) is 1.72. The molecule has 0 aliphatic carbocycles. The Balaban J connectivity index is 2.22. The highest BCUT2D eigenvalue weighted by Crippen LogP contribution is 2.20. The Morgan fingerprint density at radius 3 is 2.22 bits per heavy atom. The molecule has 0 bridgehead atoms. The molecule has 0 spiro atoms. The van der Waals surface area contributed by atoms with Crippen molar-refractivity contribution in [3.63, 3.8) is 0 Å². The molecule has 2 aromatic carbocycles. The van der Waals surface area contributed by atoms with Gasteiger partial charge in [-0.15, -0.1) is 0 Å². The molecule has 0 unspecified atom stereocenters. The minimum Gasteiger partial charge on any atom is -0.457 e. The van der Waals surface area contributed by atoms with Crippen LogP contribution in [0.25, 0.3) is 5.76 Å². The maximum absolute atomic E-state index is 5.92. The summed E-state index contributed by atoms with van der Waals surface area (Å²) < 4.78 is 5.92. The molecule has 92 valence electrons. The fraction of sp³-hybridized carbons (Fsp3) is 0.125. The number of para-hydroxylation sites is 1. The van der Waals surface area contributed by atoms with Crippen molar-refractivity contribution in [1.29, 1.82) is 0 Å². The van der Waals surface area contributed by atoms with E-state index in [2.05, 4.69) is 5.32 Å². The van der Waals surface area contributed by atoms with Gasteiger partial charge in [0.1, 0.15) is 11.5 Å². The van der Waals surface area contributed by atoms with Crippen molar-refractivity contribution in [3.8, 4) is 5.75 Å². The van der Waals surface area contributed by atoms with Gasteiger partial charge in [0.25, 0.3) is 0 Å². The van der Waals surface area contributed by atoms with Crippen molar-refractivity contribution in [2.24, 2.45) is 0 Å².